The van der Waals surface area contributed by atoms with Crippen molar-refractivity contribution in [3.8, 4) is 0 Å². The summed E-state index contributed by atoms with van der Waals surface area (Å²) >= 11 is 0. The first-order valence-corrected chi connectivity index (χ1v) is 6.44. The van der Waals surface area contributed by atoms with Crippen molar-refractivity contribution < 1.29 is 19.7 Å². The molecule has 0 aliphatic carbocycles. The van der Waals surface area contributed by atoms with Gasteiger partial charge in [-0.05, 0) is 6.92 Å². The SMILES string of the molecule is CC(C(N)=O)c1cn([C@H]2C[C@H](O)[C@@H](CO)O2)c(=O)[nH]c1=O. The topological polar surface area (TPSA) is 148 Å². The van der Waals surface area contributed by atoms with Crippen molar-refractivity contribution in [3.63, 3.8) is 0 Å². The van der Waals surface area contributed by atoms with Gasteiger partial charge in [-0.3, -0.25) is 19.1 Å². The van der Waals surface area contributed by atoms with E-state index < -0.39 is 41.5 Å². The Kier molecular flexibility index (Phi) is 4.26. The molecule has 0 spiro atoms. The average molecular weight is 299 g/mol. The molecule has 1 aliphatic heterocycles. The smallest absolute Gasteiger partial charge is 0.330 e. The first-order chi connectivity index (χ1) is 9.85. The molecule has 0 radical (unpaired) electrons. The summed E-state index contributed by atoms with van der Waals surface area (Å²) in [5.74, 6) is -1.58. The molecule has 2 rings (SSSR count). The van der Waals surface area contributed by atoms with Crippen LogP contribution >= 0.6 is 0 Å². The maximum Gasteiger partial charge on any atom is 0.330 e. The minimum atomic E-state index is -0.921. The van der Waals surface area contributed by atoms with Crippen molar-refractivity contribution in [1.29, 1.82) is 0 Å². The van der Waals surface area contributed by atoms with Crippen molar-refractivity contribution in [1.82, 2.24) is 9.55 Å². The Hall–Kier alpha value is -1.97. The van der Waals surface area contributed by atoms with Crippen LogP contribution in [0.4, 0.5) is 0 Å². The Morgan fingerprint density at radius 1 is 1.62 bits per heavy atom. The molecule has 0 bridgehead atoms. The number of nitrogens with one attached hydrogen (secondary N) is 1. The van der Waals surface area contributed by atoms with Crippen LogP contribution in [0.2, 0.25) is 0 Å². The van der Waals surface area contributed by atoms with Crippen molar-refractivity contribution in [3.05, 3.63) is 32.6 Å². The molecule has 1 unspecified atom stereocenters. The number of H-pyrrole nitrogens is 1. The fourth-order valence-corrected chi connectivity index (χ4v) is 2.23. The number of carbonyl (C=O) groups excluding carboxylic acids is 1. The lowest BCUT2D eigenvalue weighted by Crippen LogP contribution is -2.36. The number of amides is 1. The van der Waals surface area contributed by atoms with E-state index in [4.69, 9.17) is 15.6 Å². The largest absolute Gasteiger partial charge is 0.394 e. The number of carbonyl (C=O) groups is 1. The highest BCUT2D eigenvalue weighted by molar-refractivity contribution is 5.81. The maximum atomic E-state index is 11.8. The molecule has 1 fully saturated rings. The lowest BCUT2D eigenvalue weighted by atomic mass is 10.0. The van der Waals surface area contributed by atoms with Crippen LogP contribution < -0.4 is 17.0 Å². The minimum absolute atomic E-state index is 0.0349. The number of hydrogen-bond acceptors (Lipinski definition) is 6. The zero-order valence-electron chi connectivity index (χ0n) is 11.4. The van der Waals surface area contributed by atoms with Crippen molar-refractivity contribution in [2.24, 2.45) is 5.73 Å². The zero-order chi connectivity index (χ0) is 15.7. The molecule has 1 aromatic rings. The minimum Gasteiger partial charge on any atom is -0.394 e. The Labute approximate surface area is 119 Å². The van der Waals surface area contributed by atoms with Crippen LogP contribution in [0, 0.1) is 0 Å². The summed E-state index contributed by atoms with van der Waals surface area (Å²) < 4.78 is 6.43. The van der Waals surface area contributed by atoms with Gasteiger partial charge < -0.3 is 20.7 Å². The molecule has 1 aliphatic rings. The quantitative estimate of drug-likeness (QED) is 0.494. The van der Waals surface area contributed by atoms with Gasteiger partial charge in [-0.2, -0.15) is 0 Å². The molecule has 5 N–H and O–H groups in total. The summed E-state index contributed by atoms with van der Waals surface area (Å²) in [6, 6.07) is 0. The molecule has 0 aromatic carbocycles. The molecule has 1 saturated heterocycles. The molecular formula is C12H17N3O6. The van der Waals surface area contributed by atoms with Crippen LogP contribution in [0.3, 0.4) is 0 Å². The Morgan fingerprint density at radius 2 is 2.29 bits per heavy atom. The highest BCUT2D eigenvalue weighted by atomic mass is 16.5. The van der Waals surface area contributed by atoms with Crippen LogP contribution in [0.25, 0.3) is 0 Å². The van der Waals surface area contributed by atoms with Crippen molar-refractivity contribution in [2.45, 2.75) is 37.7 Å². The van der Waals surface area contributed by atoms with Gasteiger partial charge in [-0.1, -0.05) is 0 Å². The second kappa shape index (κ2) is 5.80. The maximum absolute atomic E-state index is 11.8. The first-order valence-electron chi connectivity index (χ1n) is 6.44. The number of aromatic amines is 1. The van der Waals surface area contributed by atoms with E-state index in [1.54, 1.807) is 0 Å². The predicted octanol–water partition coefficient (Wildman–Crippen LogP) is -2.23. The third-order valence-electron chi connectivity index (χ3n) is 3.58. The van der Waals surface area contributed by atoms with E-state index in [-0.39, 0.29) is 18.6 Å². The van der Waals surface area contributed by atoms with Crippen molar-refractivity contribution >= 4 is 5.91 Å². The number of aliphatic hydroxyl groups excluding tert-OH is 2. The number of aromatic nitrogens is 2. The summed E-state index contributed by atoms with van der Waals surface area (Å²) in [5.41, 5.74) is 3.78. The Balaban J connectivity index is 2.41. The second-order valence-electron chi connectivity index (χ2n) is 4.99. The van der Waals surface area contributed by atoms with Crippen LogP contribution in [-0.4, -0.2) is 44.5 Å². The molecule has 1 aromatic heterocycles. The summed E-state index contributed by atoms with van der Waals surface area (Å²) in [4.78, 5) is 36.9. The zero-order valence-corrected chi connectivity index (χ0v) is 11.4. The number of aliphatic hydroxyl groups is 2. The Bertz CT molecular complexity index is 651. The van der Waals surface area contributed by atoms with E-state index in [1.165, 1.54) is 13.1 Å². The number of nitrogens with zero attached hydrogens (tertiary/aromatic N) is 1. The van der Waals surface area contributed by atoms with E-state index in [0.717, 1.165) is 4.57 Å². The molecule has 4 atom stereocenters. The monoisotopic (exact) mass is 299 g/mol. The highest BCUT2D eigenvalue weighted by Gasteiger charge is 2.35. The molecule has 9 nitrogen and oxygen atoms in total. The van der Waals surface area contributed by atoms with E-state index in [1.807, 2.05) is 0 Å². The van der Waals surface area contributed by atoms with E-state index in [2.05, 4.69) is 4.98 Å². The lowest BCUT2D eigenvalue weighted by molar-refractivity contribution is -0.119. The standard InChI is InChI=1S/C12H17N3O6/c1-5(10(13)18)6-3-15(12(20)14-11(6)19)9-2-7(17)8(4-16)21-9/h3,5,7-9,16-17H,2,4H2,1H3,(H2,13,18)(H,14,19,20)/t5?,7-,8+,9+/m0/s1. The van der Waals surface area contributed by atoms with Gasteiger partial charge in [-0.25, -0.2) is 4.79 Å². The van der Waals surface area contributed by atoms with Gasteiger partial charge in [0.2, 0.25) is 5.91 Å². The predicted molar refractivity (Wildman–Crippen MR) is 70.6 cm³/mol. The summed E-state index contributed by atoms with van der Waals surface area (Å²) in [6.07, 6.45) is -1.27. The van der Waals surface area contributed by atoms with Crippen LogP contribution in [0.15, 0.2) is 15.8 Å². The van der Waals surface area contributed by atoms with Crippen LogP contribution in [0.1, 0.15) is 31.1 Å². The first kappa shape index (κ1) is 15.4. The summed E-state index contributed by atoms with van der Waals surface area (Å²) in [6.45, 7) is 1.06. The molecule has 116 valence electrons. The van der Waals surface area contributed by atoms with Gasteiger partial charge in [0.25, 0.3) is 5.56 Å². The molecule has 21 heavy (non-hydrogen) atoms. The fourth-order valence-electron chi connectivity index (χ4n) is 2.23. The molecular weight excluding hydrogens is 282 g/mol. The molecule has 0 saturated carbocycles. The van der Waals surface area contributed by atoms with E-state index >= 15 is 0 Å². The third kappa shape index (κ3) is 2.89. The van der Waals surface area contributed by atoms with Crippen LogP contribution in [0.5, 0.6) is 0 Å². The molecule has 9 heteroatoms. The Morgan fingerprint density at radius 3 is 2.81 bits per heavy atom. The van der Waals surface area contributed by atoms with Crippen molar-refractivity contribution in [2.75, 3.05) is 6.61 Å². The molecule has 2 heterocycles. The second-order valence-corrected chi connectivity index (χ2v) is 4.99. The summed E-state index contributed by atoms with van der Waals surface area (Å²) in [5, 5.41) is 18.7. The summed E-state index contributed by atoms with van der Waals surface area (Å²) in [7, 11) is 0. The van der Waals surface area contributed by atoms with Gasteiger partial charge in [-0.15, -0.1) is 0 Å². The number of ether oxygens (including phenoxy) is 1. The average Bonchev–Trinajstić information content (AvgIpc) is 2.79. The van der Waals surface area contributed by atoms with Gasteiger partial charge in [0.1, 0.15) is 12.3 Å². The fraction of sp³-hybridized carbons (Fsp3) is 0.583. The molecule has 1 amide bonds. The number of hydrogen-bond donors (Lipinski definition) is 4. The lowest BCUT2D eigenvalue weighted by Gasteiger charge is -2.16. The normalized spacial score (nSPS) is 26.7. The third-order valence-corrected chi connectivity index (χ3v) is 3.58. The van der Waals surface area contributed by atoms with Gasteiger partial charge >= 0.3 is 5.69 Å². The van der Waals surface area contributed by atoms with Crippen LogP contribution in [-0.2, 0) is 9.53 Å². The van der Waals surface area contributed by atoms with Gasteiger partial charge in [0.05, 0.1) is 18.6 Å². The van der Waals surface area contributed by atoms with Gasteiger partial charge in [0, 0.05) is 18.2 Å². The number of rotatable bonds is 4. The van der Waals surface area contributed by atoms with Gasteiger partial charge in [0.15, 0.2) is 0 Å². The number of primary amides is 1. The van der Waals surface area contributed by atoms with E-state index in [0.29, 0.717) is 0 Å². The highest BCUT2D eigenvalue weighted by Crippen LogP contribution is 2.27. The van der Waals surface area contributed by atoms with E-state index in [9.17, 15) is 19.5 Å². The number of nitrogens with two attached hydrogens (primary N) is 1.